The fraction of sp³-hybridized carbons (Fsp3) is 0.268. The van der Waals surface area contributed by atoms with Gasteiger partial charge in [-0.05, 0) is 17.4 Å². The molecule has 44 heavy (non-hydrogen) atoms. The molecule has 1 aliphatic rings. The van der Waals surface area contributed by atoms with Gasteiger partial charge in [0, 0.05) is 0 Å². The number of rotatable bonds is 2. The first-order chi connectivity index (χ1) is 19.8. The summed E-state index contributed by atoms with van der Waals surface area (Å²) < 4.78 is 1.47. The van der Waals surface area contributed by atoms with Crippen LogP contribution < -0.4 is 24.8 Å². The number of fused-ring (bicyclic) bond motifs is 3. The summed E-state index contributed by atoms with van der Waals surface area (Å²) in [6, 6.07) is 42.7. The predicted octanol–water partition coefficient (Wildman–Crippen LogP) is 4.49. The van der Waals surface area contributed by atoms with Gasteiger partial charge >= 0.3 is 112 Å². The van der Waals surface area contributed by atoms with Crippen molar-refractivity contribution in [2.24, 2.45) is 0 Å². The molecule has 0 radical (unpaired) electrons. The third-order valence-electron chi connectivity index (χ3n) is 7.76. The quantitative estimate of drug-likeness (QED) is 0.180. The molecule has 0 atom stereocenters. The summed E-state index contributed by atoms with van der Waals surface area (Å²) in [6.07, 6.45) is 1.03. The molecule has 5 aromatic carbocycles. The summed E-state index contributed by atoms with van der Waals surface area (Å²) in [7, 11) is 0. The maximum Gasteiger partial charge on any atom is -0.172 e. The van der Waals surface area contributed by atoms with E-state index in [0.29, 0.717) is 0 Å². The van der Waals surface area contributed by atoms with E-state index in [-0.39, 0.29) is 35.6 Å². The fourth-order valence-electron chi connectivity index (χ4n) is 4.91. The van der Waals surface area contributed by atoms with E-state index in [9.17, 15) is 0 Å². The van der Waals surface area contributed by atoms with Crippen LogP contribution in [0, 0.1) is 19.9 Å². The third kappa shape index (κ3) is 10.0. The number of hydrogen-bond acceptors (Lipinski definition) is 0. The van der Waals surface area contributed by atoms with E-state index in [0.717, 1.165) is 30.3 Å². The van der Waals surface area contributed by atoms with Crippen LogP contribution in [-0.2, 0) is 41.1 Å². The van der Waals surface area contributed by atoms with E-state index < -0.39 is 0 Å². The maximum atomic E-state index is 3.53. The predicted molar refractivity (Wildman–Crippen MR) is 179 cm³/mol. The van der Waals surface area contributed by atoms with Crippen molar-refractivity contribution in [1.82, 2.24) is 0 Å². The Labute approximate surface area is 293 Å². The zero-order valence-electron chi connectivity index (χ0n) is 27.4. The van der Waals surface area contributed by atoms with Crippen LogP contribution in [0.4, 0.5) is 0 Å². The summed E-state index contributed by atoms with van der Waals surface area (Å²) in [5.74, 6) is 0. The molecule has 0 aromatic heterocycles. The monoisotopic (exact) mass is 786 g/mol. The Kier molecular flexibility index (Phi) is 13.9. The topological polar surface area (TPSA) is 0 Å². The van der Waals surface area contributed by atoms with E-state index in [1.165, 1.54) is 58.9 Å². The number of aryl methyl sites for hydroxylation is 2. The average molecular weight is 786 g/mol. The Hall–Kier alpha value is -2.45. The summed E-state index contributed by atoms with van der Waals surface area (Å²) in [4.78, 5) is 0. The molecule has 0 unspecified atom stereocenters. The number of hydrogen-bond donors (Lipinski definition) is 0. The van der Waals surface area contributed by atoms with Crippen molar-refractivity contribution in [2.45, 2.75) is 72.6 Å². The molecule has 228 valence electrons. The molecule has 1 aliphatic carbocycles. The van der Waals surface area contributed by atoms with Crippen LogP contribution in [0.1, 0.15) is 86.1 Å². The third-order valence-corrected chi connectivity index (χ3v) is 9.84. The van der Waals surface area contributed by atoms with Gasteiger partial charge < -0.3 is 24.8 Å². The normalized spacial score (nSPS) is 11.3. The summed E-state index contributed by atoms with van der Waals surface area (Å²) in [6.45, 7) is 17.9. The van der Waals surface area contributed by atoms with Gasteiger partial charge in [-0.15, -0.1) is 5.56 Å². The molecule has 6 rings (SSSR count). The number of halogens is 2. The second kappa shape index (κ2) is 16.2. The average Bonchev–Trinajstić information content (AvgIpc) is 3.64. The smallest absolute Gasteiger partial charge is 0.172 e. The molecule has 0 N–H and O–H groups in total. The Bertz CT molecular complexity index is 1490. The van der Waals surface area contributed by atoms with E-state index in [1.54, 1.807) is 0 Å². The Morgan fingerprint density at radius 1 is 0.659 bits per heavy atom. The van der Waals surface area contributed by atoms with Gasteiger partial charge in [0.25, 0.3) is 0 Å². The zero-order chi connectivity index (χ0) is 30.5. The first-order valence-electron chi connectivity index (χ1n) is 14.9. The van der Waals surface area contributed by atoms with Crippen molar-refractivity contribution in [3.63, 3.8) is 0 Å². The van der Waals surface area contributed by atoms with Gasteiger partial charge in [0.2, 0.25) is 0 Å². The van der Waals surface area contributed by atoms with Crippen LogP contribution in [0.25, 0.3) is 11.1 Å². The summed E-state index contributed by atoms with van der Waals surface area (Å²) >= 11 is 1.08. The molecule has 0 heterocycles. The van der Waals surface area contributed by atoms with E-state index in [4.69, 9.17) is 0 Å². The summed E-state index contributed by atoms with van der Waals surface area (Å²) in [5, 5.41) is 0. The van der Waals surface area contributed by atoms with Crippen molar-refractivity contribution in [1.29, 1.82) is 0 Å². The first-order valence-corrected chi connectivity index (χ1v) is 16.7. The molecular weight excluding hydrogens is 742 g/mol. The van der Waals surface area contributed by atoms with E-state index in [1.807, 2.05) is 30.3 Å². The van der Waals surface area contributed by atoms with Gasteiger partial charge in [-0.1, -0.05) is 76.3 Å². The van der Waals surface area contributed by atoms with Crippen LogP contribution >= 0.6 is 0 Å². The molecule has 0 fully saturated rings. The Morgan fingerprint density at radius 2 is 1.14 bits per heavy atom. The minimum Gasteiger partial charge on any atom is -1.00 e. The molecule has 5 aromatic rings. The molecule has 0 spiro atoms. The Morgan fingerprint density at radius 3 is 1.57 bits per heavy atom. The minimum atomic E-state index is 0. The summed E-state index contributed by atoms with van der Waals surface area (Å²) in [5.41, 5.74) is 14.1. The van der Waals surface area contributed by atoms with Crippen molar-refractivity contribution < 1.29 is 48.7 Å². The van der Waals surface area contributed by atoms with Crippen LogP contribution in [0.5, 0.6) is 0 Å². The molecular formula is C41H44Cl2Hf-2. The fourth-order valence-corrected chi connectivity index (χ4v) is 6.11. The van der Waals surface area contributed by atoms with E-state index in [2.05, 4.69) is 140 Å². The second-order valence-electron chi connectivity index (χ2n) is 13.4. The number of benzene rings is 4. The van der Waals surface area contributed by atoms with Gasteiger partial charge in [-0.25, -0.2) is 12.1 Å². The van der Waals surface area contributed by atoms with Gasteiger partial charge in [-0.2, -0.15) is 47.5 Å². The standard InChI is InChI=1S/C21H25.C15H14.C5H5.2ClH.Hf/c1-20(2,3)16-9-7-14-11-15-8-10-17(21(4,5)6)13-19(15)18(14)12-16;1-12-3-7-14(8-4-12)11-15-9-5-13(2)6-10-15;1-2-4-5-3-1;;;/h7,9-10,12-13H,11H2,1-6H3;3-10H,1-2H3;1-5H;2*1H;/q-1;;-1;;;+2/p-2. The van der Waals surface area contributed by atoms with Gasteiger partial charge in [-0.3, -0.25) is 0 Å². The van der Waals surface area contributed by atoms with Crippen molar-refractivity contribution in [3.05, 3.63) is 160 Å². The zero-order valence-corrected chi connectivity index (χ0v) is 32.5. The van der Waals surface area contributed by atoms with Crippen LogP contribution in [0.2, 0.25) is 0 Å². The largest absolute Gasteiger partial charge is 1.00 e. The molecule has 0 aliphatic heterocycles. The van der Waals surface area contributed by atoms with Gasteiger partial charge in [0.1, 0.15) is 0 Å². The molecule has 0 saturated heterocycles. The van der Waals surface area contributed by atoms with E-state index >= 15 is 0 Å². The van der Waals surface area contributed by atoms with Crippen molar-refractivity contribution in [3.8, 4) is 11.1 Å². The van der Waals surface area contributed by atoms with Gasteiger partial charge in [0.05, 0.1) is 0 Å². The molecule has 3 heteroatoms. The SMILES string of the molecule is CC(C)(C)c1c[c-]c2c(c1)-c1cc(C(C)(C)C)ccc1C2.Cc1ccc([C](=[Hf+2])c2ccc(C)cc2)cc1.[Cl-].[Cl-].c1cc[cH-]c1. The van der Waals surface area contributed by atoms with Crippen LogP contribution in [-0.4, -0.2) is 3.26 Å². The van der Waals surface area contributed by atoms with Gasteiger partial charge in [0.15, 0.2) is 0 Å². The van der Waals surface area contributed by atoms with Crippen molar-refractivity contribution >= 4 is 3.26 Å². The second-order valence-corrected chi connectivity index (χ2v) is 15.2. The Balaban J connectivity index is 0.000000260. The maximum absolute atomic E-state index is 3.53. The minimum absolute atomic E-state index is 0. The first kappa shape index (κ1) is 37.7. The van der Waals surface area contributed by atoms with Crippen LogP contribution in [0.15, 0.2) is 109 Å². The molecule has 0 bridgehead atoms. The molecule has 0 nitrogen and oxygen atoms in total. The van der Waals surface area contributed by atoms with Crippen molar-refractivity contribution in [2.75, 3.05) is 0 Å². The molecule has 0 saturated carbocycles. The molecule has 0 amide bonds. The van der Waals surface area contributed by atoms with Crippen LogP contribution in [0.3, 0.4) is 0 Å².